The number of hydrogen-bond donors (Lipinski definition) is 15. The molecule has 7 heterocycles. The van der Waals surface area contributed by atoms with Crippen LogP contribution in [0.5, 0.6) is 34.5 Å². The number of benzene rings is 7. The number of carbonyl (C=O) groups excluding carboxylic acids is 8. The van der Waals surface area contributed by atoms with Gasteiger partial charge in [0.25, 0.3) is 0 Å². The molecule has 0 saturated carbocycles. The van der Waals surface area contributed by atoms with E-state index in [1.807, 2.05) is 50.2 Å². The molecule has 29 nitrogen and oxygen atoms in total. The Morgan fingerprint density at radius 2 is 1.36 bits per heavy atom. The Morgan fingerprint density at radius 3 is 1.97 bits per heavy atom. The van der Waals surface area contributed by atoms with Crippen molar-refractivity contribution >= 4 is 76.1 Å². The average Bonchev–Trinajstić information content (AvgIpc) is 1.57. The van der Waals surface area contributed by atoms with E-state index < -0.39 is 175 Å². The highest BCUT2D eigenvalue weighted by Crippen LogP contribution is 2.53. The van der Waals surface area contributed by atoms with E-state index in [1.165, 1.54) is 72.8 Å². The lowest BCUT2D eigenvalue weighted by molar-refractivity contribution is -0.334. The number of phenolic OH excluding ortho intramolecular Hbond substituents is 1. The topological polar surface area (TPSA) is 460 Å². The van der Waals surface area contributed by atoms with Crippen molar-refractivity contribution in [2.24, 2.45) is 23.5 Å². The summed E-state index contributed by atoms with van der Waals surface area (Å²) in [6.07, 6.45) is -18.6. The number of hydrogen-bond acceptors (Lipinski definition) is 25. The number of halogens is 3. The first-order valence-electron chi connectivity index (χ1n) is 37.4. The molecule has 0 radical (unpaired) electrons. The normalized spacial score (nSPS) is 27.3. The van der Waals surface area contributed by atoms with Crippen molar-refractivity contribution in [1.29, 1.82) is 0 Å². The maximum absolute atomic E-state index is 15.7. The summed E-state index contributed by atoms with van der Waals surface area (Å²) in [5.74, 6) is -14.2. The van der Waals surface area contributed by atoms with Crippen LogP contribution in [0.2, 0.25) is 15.1 Å². The number of fused-ring (bicyclic) bond motifs is 12. The Balaban J connectivity index is 0.00000401. The zero-order valence-corrected chi connectivity index (χ0v) is 65.2. The molecule has 1 aliphatic carbocycles. The van der Waals surface area contributed by atoms with Gasteiger partial charge < -0.3 is 107 Å². The van der Waals surface area contributed by atoms with E-state index in [0.29, 0.717) is 5.02 Å². The van der Waals surface area contributed by atoms with E-state index in [-0.39, 0.29) is 140 Å². The molecule has 2 saturated heterocycles. The number of amides is 4. The van der Waals surface area contributed by atoms with E-state index in [4.69, 9.17) is 78.5 Å². The van der Waals surface area contributed by atoms with Crippen LogP contribution >= 0.6 is 34.8 Å². The fourth-order valence-electron chi connectivity index (χ4n) is 15.9. The molecular formula is C83H89Cl3N6O23. The van der Waals surface area contributed by atoms with Crippen molar-refractivity contribution in [3.05, 3.63) is 187 Å². The van der Waals surface area contributed by atoms with Gasteiger partial charge in [0.15, 0.2) is 29.7 Å². The highest BCUT2D eigenvalue weighted by molar-refractivity contribution is 6.32. The smallest absolute Gasteiger partial charge is 0.373 e. The third-order valence-electron chi connectivity index (χ3n) is 22.0. The van der Waals surface area contributed by atoms with E-state index in [2.05, 4.69) is 26.6 Å². The minimum Gasteiger partial charge on any atom is -0.508 e. The fraction of sp³-hybridized carbons (Fsp3) is 0.410. The summed E-state index contributed by atoms with van der Waals surface area (Å²) in [4.78, 5) is 105. The Labute approximate surface area is 675 Å². The molecule has 115 heavy (non-hydrogen) atoms. The summed E-state index contributed by atoms with van der Waals surface area (Å²) in [5.41, 5.74) is 8.35. The van der Waals surface area contributed by atoms with Crippen LogP contribution in [0.4, 0.5) is 0 Å². The predicted octanol–water partition coefficient (Wildman–Crippen LogP) is 7.02. The van der Waals surface area contributed by atoms with E-state index >= 15 is 14.4 Å². The SMILES string of the molecule is CN[C@H](CC(C)C)C(=O)N[C@H]1C(=O)C[C@@H](CC(N)=O)C(=O)N[C@H]2CC[C@@H]3C(=O)C[C@H](C(=O)NCc4cc(O)cc5c4-c4cc3ccc4C5(O)O)[C@H](O)c3ccc(c(Cl)c3)Oc3cc2cc(c3OC2OC(CO)C(O)[C@H](O)[C@H]2O[C@H]2CC(C)(NCc3ccc(-c4ccc(Cl)cc4)cc3)[C@H](O)[C@H](C)O2)Oc2ccc(cc2Cl)[C@H]1O.O=C=O. The van der Waals surface area contributed by atoms with Crippen LogP contribution in [0.3, 0.4) is 0 Å². The zero-order valence-electron chi connectivity index (χ0n) is 63.0. The largest absolute Gasteiger partial charge is 0.508 e. The first kappa shape index (κ1) is 85.1. The average molecular weight is 1650 g/mol. The number of ether oxygens (including phenoxy) is 6. The van der Waals surface area contributed by atoms with Gasteiger partial charge in [0.1, 0.15) is 53.5 Å². The monoisotopic (exact) mass is 1640 g/mol. The lowest BCUT2D eigenvalue weighted by Crippen LogP contribution is -2.65. The molecule has 610 valence electrons. The minimum absolute atomic E-state index is 0.0224. The molecule has 2 fully saturated rings. The van der Waals surface area contributed by atoms with E-state index in [1.54, 1.807) is 39.1 Å². The van der Waals surface area contributed by atoms with Gasteiger partial charge in [0, 0.05) is 66.4 Å². The van der Waals surface area contributed by atoms with Crippen LogP contribution in [-0.4, -0.2) is 168 Å². The Morgan fingerprint density at radius 1 is 0.730 bits per heavy atom. The van der Waals surface area contributed by atoms with Gasteiger partial charge in [-0.15, -0.1) is 0 Å². The van der Waals surface area contributed by atoms with Gasteiger partial charge >= 0.3 is 6.15 Å². The van der Waals surface area contributed by atoms with Crippen molar-refractivity contribution in [3.63, 3.8) is 0 Å². The number of Topliss-reactive ketones (excluding diaryl/α,β-unsaturated/α-hetero) is 2. The van der Waals surface area contributed by atoms with Crippen LogP contribution in [0.1, 0.15) is 141 Å². The number of carbonyl (C=O) groups is 6. The number of nitrogens with one attached hydrogen (secondary N) is 5. The van der Waals surface area contributed by atoms with Crippen LogP contribution in [0.15, 0.2) is 127 Å². The molecule has 7 aliphatic heterocycles. The molecule has 4 amide bonds. The van der Waals surface area contributed by atoms with Crippen molar-refractivity contribution < 1.29 is 113 Å². The summed E-state index contributed by atoms with van der Waals surface area (Å²) in [5, 5.41) is 122. The third-order valence-corrected chi connectivity index (χ3v) is 22.9. The number of primary amides is 1. The molecule has 8 aliphatic rings. The van der Waals surface area contributed by atoms with Crippen LogP contribution < -0.4 is 46.5 Å². The molecule has 15 rings (SSSR count). The first-order valence-corrected chi connectivity index (χ1v) is 38.6. The maximum atomic E-state index is 15.7. The van der Waals surface area contributed by atoms with Crippen molar-refractivity contribution in [3.8, 4) is 56.8 Å². The number of rotatable bonds is 16. The van der Waals surface area contributed by atoms with Gasteiger partial charge in [-0.05, 0) is 168 Å². The molecule has 11 bridgehead atoms. The summed E-state index contributed by atoms with van der Waals surface area (Å²) in [6, 6.07) is 28.8. The van der Waals surface area contributed by atoms with Gasteiger partial charge in [-0.1, -0.05) is 109 Å². The number of aromatic hydroxyl groups is 1. The van der Waals surface area contributed by atoms with Gasteiger partial charge in [-0.25, -0.2) is 0 Å². The number of aliphatic hydroxyl groups is 8. The fourth-order valence-corrected chi connectivity index (χ4v) is 16.4. The minimum atomic E-state index is -2.69. The number of ketones is 2. The summed E-state index contributed by atoms with van der Waals surface area (Å²) < 4.78 is 40.1. The van der Waals surface area contributed by atoms with Crippen molar-refractivity contribution in [2.45, 2.75) is 183 Å². The van der Waals surface area contributed by atoms with Gasteiger partial charge in [0.05, 0.1) is 58.9 Å². The van der Waals surface area contributed by atoms with Crippen molar-refractivity contribution in [1.82, 2.24) is 26.6 Å². The number of nitrogens with two attached hydrogens (primary N) is 1. The number of phenols is 1. The van der Waals surface area contributed by atoms with E-state index in [9.17, 15) is 60.3 Å². The lowest BCUT2D eigenvalue weighted by Gasteiger charge is -2.48. The van der Waals surface area contributed by atoms with Crippen LogP contribution in [-0.2, 0) is 71.4 Å². The second-order valence-electron chi connectivity index (χ2n) is 30.4. The number of likely N-dealkylation sites (N-methyl/N-ethyl adjacent to an activating group) is 1. The second-order valence-corrected chi connectivity index (χ2v) is 31.7. The van der Waals surface area contributed by atoms with Gasteiger partial charge in [-0.3, -0.25) is 28.8 Å². The van der Waals surface area contributed by atoms with Crippen LogP contribution in [0, 0.1) is 17.8 Å². The molecule has 17 atom stereocenters. The van der Waals surface area contributed by atoms with Crippen LogP contribution in [0.25, 0.3) is 22.3 Å². The maximum Gasteiger partial charge on any atom is 0.373 e. The zero-order chi connectivity index (χ0) is 82.8. The molecule has 7 aromatic carbocycles. The summed E-state index contributed by atoms with van der Waals surface area (Å²) in [7, 11) is 1.55. The summed E-state index contributed by atoms with van der Waals surface area (Å²) in [6.45, 7) is 6.18. The second kappa shape index (κ2) is 35.6. The van der Waals surface area contributed by atoms with Gasteiger partial charge in [-0.2, -0.15) is 9.59 Å². The van der Waals surface area contributed by atoms with E-state index in [0.717, 1.165) is 16.7 Å². The molecule has 4 unspecified atom stereocenters. The molecule has 0 aromatic heterocycles. The van der Waals surface area contributed by atoms with Gasteiger partial charge in [0.2, 0.25) is 41.5 Å². The lowest BCUT2D eigenvalue weighted by atomic mass is 9.80. The highest BCUT2D eigenvalue weighted by atomic mass is 35.5. The number of aliphatic hydroxyl groups excluding tert-OH is 6. The Hall–Kier alpha value is -9.31. The standard InChI is InChI=1S/C82H89Cl3N6O21.CO2/c1-37(2)22-58(87-5)79(104)91-69-60(95)27-46(30-66(86)96)77(102)90-57-19-17-50-42-12-18-53-51(24-42)68-47(23-49(93)31-54(68)82(53,105)106)35-88-78(103)52(32-59(50)94)70(97)43-13-20-61(55(84)25-43)108-63-28-45(57)29-64(109-62-21-14-44(71(69)98)26-56(62)85)74(63)112-80-75(73(100)72(99)65(36-92)110-80)111-67-33-81(4,76(101)38(3)107-67)89-34-39-6-8-40(9-7-39)41-10-15-48(83)16-11-41;2-1-3/h6-16,18,20-21,23-26,28-29,31,37-38,46,50,52,57-58,65,67,69-73,75-76,80,87,89,92-93,97-101,105-106H,17,19,22,27,30,32-36H2,1-5H3,(H2,86,96)(H,88,103)(H,90,102)(H,91,104);/t38-,46-,50-,52-,57-,58+,65?,67-,69-,70+,71+,72?,73-,75+,76+,80?,81?;/m0./s1. The summed E-state index contributed by atoms with van der Waals surface area (Å²) >= 11 is 20.6. The van der Waals surface area contributed by atoms with Crippen molar-refractivity contribution in [2.75, 3.05) is 13.7 Å². The quantitative estimate of drug-likeness (QED) is 0.0432. The predicted molar refractivity (Wildman–Crippen MR) is 413 cm³/mol. The highest BCUT2D eigenvalue weighted by Gasteiger charge is 2.52. The Kier molecular flexibility index (Phi) is 26.4. The Bertz CT molecular complexity index is 4860. The molecular weight excluding hydrogens is 1560 g/mol. The molecule has 0 spiro atoms. The molecule has 7 aromatic rings. The molecule has 16 N–H and O–H groups in total. The molecule has 32 heteroatoms. The third kappa shape index (κ3) is 18.4. The first-order chi connectivity index (χ1) is 54.7.